The first-order chi connectivity index (χ1) is 11.7. The first-order valence-electron chi connectivity index (χ1n) is 7.98. The molecule has 0 radical (unpaired) electrons. The van der Waals surface area contributed by atoms with E-state index in [1.54, 1.807) is 16.4 Å². The second kappa shape index (κ2) is 7.59. The third kappa shape index (κ3) is 3.49. The van der Waals surface area contributed by atoms with E-state index >= 15 is 0 Å². The van der Waals surface area contributed by atoms with Crippen molar-refractivity contribution in [1.29, 1.82) is 0 Å². The van der Waals surface area contributed by atoms with Crippen molar-refractivity contribution in [3.63, 3.8) is 0 Å². The molecule has 1 aliphatic heterocycles. The zero-order valence-corrected chi connectivity index (χ0v) is 14.3. The van der Waals surface area contributed by atoms with Crippen LogP contribution in [0, 0.1) is 0 Å². The predicted octanol–water partition coefficient (Wildman–Crippen LogP) is 2.98. The quantitative estimate of drug-likeness (QED) is 0.907. The van der Waals surface area contributed by atoms with E-state index in [2.05, 4.69) is 5.32 Å². The number of nitrogens with one attached hydrogen (secondary N) is 1. The van der Waals surface area contributed by atoms with Gasteiger partial charge in [-0.25, -0.2) is 4.21 Å². The molecule has 1 fully saturated rings. The smallest absolute Gasteiger partial charge is 0.265 e. The summed E-state index contributed by atoms with van der Waals surface area (Å²) < 4.78 is 19.3. The summed E-state index contributed by atoms with van der Waals surface area (Å²) in [4.78, 5) is 12.0. The maximum atomic E-state index is 12.3. The minimum atomic E-state index is -1.53. The van der Waals surface area contributed by atoms with Gasteiger partial charge in [-0.2, -0.15) is 0 Å². The topological polar surface area (TPSA) is 58.6 Å². The summed E-state index contributed by atoms with van der Waals surface area (Å²) in [5, 5.41) is 2.84. The number of rotatable bonds is 5. The molecular formula is C18H20N2O3S. The van der Waals surface area contributed by atoms with E-state index in [0.29, 0.717) is 18.7 Å². The van der Waals surface area contributed by atoms with Crippen LogP contribution in [-0.4, -0.2) is 23.3 Å². The van der Waals surface area contributed by atoms with Crippen molar-refractivity contribution in [3.05, 3.63) is 65.7 Å². The molecule has 1 unspecified atom stereocenters. The van der Waals surface area contributed by atoms with Gasteiger partial charge < -0.3 is 5.32 Å². The lowest BCUT2D eigenvalue weighted by Crippen LogP contribution is -2.25. The Labute approximate surface area is 144 Å². The average Bonchev–Trinajstić information content (AvgIpc) is 3.02. The summed E-state index contributed by atoms with van der Waals surface area (Å²) in [7, 11) is 0. The fourth-order valence-corrected chi connectivity index (χ4v) is 3.67. The third-order valence-electron chi connectivity index (χ3n) is 3.87. The van der Waals surface area contributed by atoms with E-state index in [9.17, 15) is 9.00 Å². The molecule has 3 rings (SSSR count). The van der Waals surface area contributed by atoms with E-state index in [1.165, 1.54) is 0 Å². The summed E-state index contributed by atoms with van der Waals surface area (Å²) >= 11 is -1.53. The van der Waals surface area contributed by atoms with Gasteiger partial charge in [0.1, 0.15) is 0 Å². The van der Waals surface area contributed by atoms with Crippen LogP contribution in [0.5, 0.6) is 0 Å². The van der Waals surface area contributed by atoms with Crippen LogP contribution in [-0.2, 0) is 15.4 Å². The van der Waals surface area contributed by atoms with E-state index in [1.807, 2.05) is 49.4 Å². The van der Waals surface area contributed by atoms with Crippen LogP contribution >= 0.6 is 0 Å². The van der Waals surface area contributed by atoms with Crippen LogP contribution in [0.3, 0.4) is 0 Å². The normalized spacial score (nSPS) is 20.1. The number of anilines is 1. The van der Waals surface area contributed by atoms with Crippen LogP contribution in [0.15, 0.2) is 54.6 Å². The maximum Gasteiger partial charge on any atom is 0.265 e. The molecule has 0 aliphatic carbocycles. The molecule has 0 saturated carbocycles. The Morgan fingerprint density at radius 1 is 1.21 bits per heavy atom. The zero-order valence-electron chi connectivity index (χ0n) is 13.5. The Balaban J connectivity index is 1.81. The molecule has 24 heavy (non-hydrogen) atoms. The minimum absolute atomic E-state index is 0.0956. The van der Waals surface area contributed by atoms with Gasteiger partial charge in [0.25, 0.3) is 17.2 Å². The average molecular weight is 344 g/mol. The molecule has 2 aromatic rings. The summed E-state index contributed by atoms with van der Waals surface area (Å²) in [5.74, 6) is -0.0956. The molecule has 2 aromatic carbocycles. The Kier molecular flexibility index (Phi) is 5.27. The van der Waals surface area contributed by atoms with E-state index in [-0.39, 0.29) is 11.9 Å². The fraction of sp³-hybridized carbons (Fsp3) is 0.278. The number of carbonyl (C=O) groups excluding carboxylic acids is 1. The number of benzene rings is 2. The lowest BCUT2D eigenvalue weighted by molar-refractivity contribution is 0.0953. The van der Waals surface area contributed by atoms with Crippen molar-refractivity contribution in [2.75, 3.05) is 17.5 Å². The molecule has 1 aliphatic rings. The summed E-state index contributed by atoms with van der Waals surface area (Å²) in [5.41, 5.74) is 2.41. The Morgan fingerprint density at radius 3 is 2.58 bits per heavy atom. The fourth-order valence-electron chi connectivity index (χ4n) is 2.62. The molecule has 6 heteroatoms. The van der Waals surface area contributed by atoms with Crippen LogP contribution in [0.25, 0.3) is 0 Å². The van der Waals surface area contributed by atoms with Crippen molar-refractivity contribution >= 4 is 22.9 Å². The summed E-state index contributed by atoms with van der Waals surface area (Å²) in [6.07, 6.45) is 0.896. The first-order valence-corrected chi connectivity index (χ1v) is 9.01. The van der Waals surface area contributed by atoms with Crippen molar-refractivity contribution in [1.82, 2.24) is 5.32 Å². The number of hydrogen-bond acceptors (Lipinski definition) is 3. The highest BCUT2D eigenvalue weighted by molar-refractivity contribution is 7.82. The van der Waals surface area contributed by atoms with Gasteiger partial charge in [-0.05, 0) is 36.2 Å². The van der Waals surface area contributed by atoms with E-state index < -0.39 is 11.3 Å². The lowest BCUT2D eigenvalue weighted by Gasteiger charge is -2.22. The lowest BCUT2D eigenvalue weighted by atomic mass is 10.1. The van der Waals surface area contributed by atoms with Gasteiger partial charge >= 0.3 is 0 Å². The molecular weight excluding hydrogens is 324 g/mol. The largest absolute Gasteiger partial charge is 0.352 e. The van der Waals surface area contributed by atoms with Crippen molar-refractivity contribution < 1.29 is 13.2 Å². The molecule has 1 heterocycles. The van der Waals surface area contributed by atoms with Gasteiger partial charge in [0.15, 0.2) is 0 Å². The van der Waals surface area contributed by atoms with Gasteiger partial charge in [-0.15, -0.1) is 0 Å². The molecule has 1 N–H and O–H groups in total. The van der Waals surface area contributed by atoms with E-state index in [0.717, 1.165) is 17.7 Å². The molecule has 126 valence electrons. The van der Waals surface area contributed by atoms with Crippen LogP contribution in [0.2, 0.25) is 0 Å². The molecule has 0 bridgehead atoms. The highest BCUT2D eigenvalue weighted by Gasteiger charge is 2.33. The number of nitrogens with zero attached hydrogens (tertiary/aromatic N) is 1. The molecule has 1 saturated heterocycles. The predicted molar refractivity (Wildman–Crippen MR) is 94.8 cm³/mol. The van der Waals surface area contributed by atoms with Crippen LogP contribution in [0.1, 0.15) is 35.3 Å². The van der Waals surface area contributed by atoms with Gasteiger partial charge in [-0.3, -0.25) is 13.3 Å². The monoisotopic (exact) mass is 344 g/mol. The second-order valence-corrected chi connectivity index (χ2v) is 6.62. The van der Waals surface area contributed by atoms with Gasteiger partial charge in [0.2, 0.25) is 0 Å². The summed E-state index contributed by atoms with van der Waals surface area (Å²) in [6.45, 7) is 3.03. The number of carbonyl (C=O) groups is 1. The van der Waals surface area contributed by atoms with Crippen LogP contribution < -0.4 is 9.62 Å². The highest BCUT2D eigenvalue weighted by atomic mass is 32.2. The Bertz CT molecular complexity index is 719. The molecule has 0 aromatic heterocycles. The van der Waals surface area contributed by atoms with E-state index in [4.69, 9.17) is 4.18 Å². The van der Waals surface area contributed by atoms with Crippen molar-refractivity contribution in [2.45, 2.75) is 19.4 Å². The number of amides is 1. The molecule has 0 spiro atoms. The van der Waals surface area contributed by atoms with Gasteiger partial charge in [-0.1, -0.05) is 37.3 Å². The standard InChI is InChI=1S/C18H20N2O3S/c1-2-12-19-18(21)15-8-10-16(11-9-15)20-17(13-23-24(20)22)14-6-4-3-5-7-14/h3-11,17H,2,12-13H2,1H3,(H,19,21)/t17-,24?/m1/s1. The Hall–Kier alpha value is -2.18. The molecule has 1 amide bonds. The van der Waals surface area contributed by atoms with Crippen LogP contribution in [0.4, 0.5) is 5.69 Å². The minimum Gasteiger partial charge on any atom is -0.352 e. The van der Waals surface area contributed by atoms with Crippen molar-refractivity contribution in [3.8, 4) is 0 Å². The second-order valence-electron chi connectivity index (χ2n) is 5.56. The maximum absolute atomic E-state index is 12.3. The molecule has 5 nitrogen and oxygen atoms in total. The highest BCUT2D eigenvalue weighted by Crippen LogP contribution is 2.34. The molecule has 2 atom stereocenters. The van der Waals surface area contributed by atoms with Gasteiger partial charge in [0.05, 0.1) is 18.3 Å². The number of hydrogen-bond donors (Lipinski definition) is 1. The SMILES string of the molecule is CCCNC(=O)c1ccc(N2[C@@H](c3ccccc3)COS2=O)cc1. The third-order valence-corrected chi connectivity index (χ3v) is 5.00. The summed E-state index contributed by atoms with van der Waals surface area (Å²) in [6, 6.07) is 16.9. The first kappa shape index (κ1) is 16.7. The zero-order chi connectivity index (χ0) is 16.9. The Morgan fingerprint density at radius 2 is 1.92 bits per heavy atom. The van der Waals surface area contributed by atoms with Gasteiger partial charge in [0, 0.05) is 12.1 Å². The van der Waals surface area contributed by atoms with Crippen molar-refractivity contribution in [2.24, 2.45) is 0 Å².